The van der Waals surface area contributed by atoms with Crippen LogP contribution in [0.2, 0.25) is 0 Å². The van der Waals surface area contributed by atoms with Gasteiger partial charge in [0.1, 0.15) is 36.3 Å². The van der Waals surface area contributed by atoms with Crippen molar-refractivity contribution in [3.05, 3.63) is 114 Å². The summed E-state index contributed by atoms with van der Waals surface area (Å²) in [6.07, 6.45) is 43.5. The summed E-state index contributed by atoms with van der Waals surface area (Å²) in [5.41, 5.74) is 22.5. The van der Waals surface area contributed by atoms with Gasteiger partial charge in [0.25, 0.3) is 11.8 Å². The Balaban J connectivity index is 1.19. The molecule has 1 fully saturated rings. The molecule has 1 aliphatic heterocycles. The van der Waals surface area contributed by atoms with Crippen LogP contribution in [-0.4, -0.2) is 179 Å². The van der Waals surface area contributed by atoms with Gasteiger partial charge in [0.05, 0.1) is 12.9 Å². The minimum absolute atomic E-state index is 0.0185. The van der Waals surface area contributed by atoms with E-state index in [1.54, 1.807) is 36.5 Å². The van der Waals surface area contributed by atoms with Gasteiger partial charge in [-0.15, -0.1) is 0 Å². The molecule has 5 rings (SSSR count). The van der Waals surface area contributed by atoms with E-state index in [2.05, 4.69) is 117 Å². The van der Waals surface area contributed by atoms with Crippen LogP contribution >= 0.6 is 0 Å². The van der Waals surface area contributed by atoms with E-state index in [0.29, 0.717) is 61.9 Å². The zero-order valence-electron chi connectivity index (χ0n) is 71.9. The lowest BCUT2D eigenvalue weighted by Crippen LogP contribution is -2.60. The number of hydrazine groups is 1. The van der Waals surface area contributed by atoms with E-state index < -0.39 is 108 Å². The fraction of sp³-hybridized carbons (Fsp3) is 0.629. The van der Waals surface area contributed by atoms with Crippen LogP contribution < -0.4 is 75.8 Å². The predicted molar refractivity (Wildman–Crippen MR) is 469 cm³/mol. The SMILES string of the molecule is CCCCCCCC/C=C\CCCCCCCC(=O)NCCCNC(=O)C1NN(CC(=O)N[C@@H](CCCC)C(=O)N[C@@H](C)C(=O)N[C@@H](Cc2cnc[nH]2)C(=O)N[C@H](Cc2ccccc2)C(=O)N[C@@H](CCCN=C(N)N)C(=O)N[C@@H](Cc2c[nH]c3ccccc23)C(N)=O)C(C(=O)NCCCNC(=O)CCCCCCC/C=C\CCCCCCCC)O1. The number of allylic oxidation sites excluding steroid dienone is 4. The van der Waals surface area contributed by atoms with E-state index in [9.17, 15) is 52.7 Å². The number of primary amides is 1. The molecule has 4 aromatic rings. The zero-order valence-corrected chi connectivity index (χ0v) is 71.9. The first-order valence-electron chi connectivity index (χ1n) is 44.5. The Hall–Kier alpha value is -10.0. The number of hydrogen-bond donors (Lipinski definition) is 16. The lowest BCUT2D eigenvalue weighted by Gasteiger charge is -2.27. The average molecular weight is 1670 g/mol. The minimum atomic E-state index is -1.53. The summed E-state index contributed by atoms with van der Waals surface area (Å²) in [4.78, 5) is 167. The lowest BCUT2D eigenvalue weighted by atomic mass is 10.0. The zero-order chi connectivity index (χ0) is 86.8. The second-order valence-corrected chi connectivity index (χ2v) is 31.4. The molecule has 2 aromatic carbocycles. The molecule has 1 saturated heterocycles. The summed E-state index contributed by atoms with van der Waals surface area (Å²) in [6.45, 7) is 8.08. The highest BCUT2D eigenvalue weighted by molar-refractivity contribution is 5.98. The molecule has 2 aromatic heterocycles. The number of guanidine groups is 1. The first-order valence-corrected chi connectivity index (χ1v) is 44.5. The van der Waals surface area contributed by atoms with Crippen molar-refractivity contribution in [1.29, 1.82) is 0 Å². The smallest absolute Gasteiger partial charge is 0.265 e. The number of H-pyrrole nitrogens is 2. The number of aliphatic imine (C=N–C) groups is 1. The summed E-state index contributed by atoms with van der Waals surface area (Å²) in [5.74, 6) is -7.25. The molecule has 0 radical (unpaired) electrons. The largest absolute Gasteiger partial charge is 0.370 e. The number of benzene rings is 2. The second kappa shape index (κ2) is 61.3. The van der Waals surface area contributed by atoms with Crippen molar-refractivity contribution in [2.24, 2.45) is 22.2 Å². The number of nitrogens with zero attached hydrogens (tertiary/aromatic N) is 3. The van der Waals surface area contributed by atoms with E-state index in [0.717, 1.165) is 106 Å². The van der Waals surface area contributed by atoms with Gasteiger partial charge in [-0.3, -0.25) is 57.7 Å². The summed E-state index contributed by atoms with van der Waals surface area (Å²) >= 11 is 0. The third-order valence-corrected chi connectivity index (χ3v) is 21.0. The van der Waals surface area contributed by atoms with Crippen molar-refractivity contribution in [1.82, 2.24) is 78.6 Å². The molecule has 31 nitrogen and oxygen atoms in total. The Morgan fingerprint density at radius 3 is 1.51 bits per heavy atom. The number of amides is 11. The molecular weight excluding hydrogens is 1530 g/mol. The molecule has 1 aliphatic rings. The number of rotatable bonds is 67. The maximum absolute atomic E-state index is 14.8. The number of carbonyl (C=O) groups is 11. The number of nitrogens with one attached hydrogen (secondary N) is 13. The average Bonchev–Trinajstić information content (AvgIpc) is 1.67. The summed E-state index contributed by atoms with van der Waals surface area (Å²) in [7, 11) is 0. The van der Waals surface area contributed by atoms with Gasteiger partial charge >= 0.3 is 0 Å². The topological polar surface area (TPSA) is 467 Å². The Kier molecular flexibility index (Phi) is 51.4. The maximum Gasteiger partial charge on any atom is 0.265 e. The highest BCUT2D eigenvalue weighted by atomic mass is 16.6. The molecule has 2 unspecified atom stereocenters. The van der Waals surface area contributed by atoms with Gasteiger partial charge in [0.15, 0.2) is 5.96 Å². The van der Waals surface area contributed by atoms with Crippen LogP contribution in [0.1, 0.15) is 269 Å². The van der Waals surface area contributed by atoms with Crippen LogP contribution in [0.15, 0.2) is 103 Å². The van der Waals surface area contributed by atoms with Gasteiger partial charge in [-0.25, -0.2) is 10.4 Å². The van der Waals surface area contributed by atoms with E-state index in [1.165, 1.54) is 96.5 Å². The molecule has 0 spiro atoms. The van der Waals surface area contributed by atoms with Crippen LogP contribution in [0.25, 0.3) is 10.9 Å². The van der Waals surface area contributed by atoms with E-state index >= 15 is 0 Å². The number of nitrogens with two attached hydrogens (primary N) is 3. The number of fused-ring (bicyclic) bond motifs is 1. The molecule has 120 heavy (non-hydrogen) atoms. The van der Waals surface area contributed by atoms with Crippen LogP contribution in [0, 0.1) is 0 Å². The highest BCUT2D eigenvalue weighted by Gasteiger charge is 2.42. The first-order chi connectivity index (χ1) is 58.2. The second-order valence-electron chi connectivity index (χ2n) is 31.4. The van der Waals surface area contributed by atoms with E-state index in [1.807, 2.05) is 31.2 Å². The summed E-state index contributed by atoms with van der Waals surface area (Å²) < 4.78 is 6.00. The fourth-order valence-corrected chi connectivity index (χ4v) is 14.0. The predicted octanol–water partition coefficient (Wildman–Crippen LogP) is 8.39. The molecule has 666 valence electrons. The quantitative estimate of drug-likeness (QED) is 0.00853. The lowest BCUT2D eigenvalue weighted by molar-refractivity contribution is -0.144. The van der Waals surface area contributed by atoms with Crippen molar-refractivity contribution in [2.75, 3.05) is 39.3 Å². The number of ether oxygens (including phenoxy) is 1. The molecule has 11 amide bonds. The Morgan fingerprint density at radius 2 is 0.950 bits per heavy atom. The van der Waals surface area contributed by atoms with Gasteiger partial charge in [0.2, 0.25) is 65.6 Å². The molecule has 19 N–H and O–H groups in total. The van der Waals surface area contributed by atoms with Gasteiger partial charge in [-0.1, -0.05) is 209 Å². The first kappa shape index (κ1) is 101. The van der Waals surface area contributed by atoms with Crippen molar-refractivity contribution >= 4 is 81.8 Å². The molecule has 0 aliphatic carbocycles. The number of hydrogen-bond acceptors (Lipinski definition) is 16. The van der Waals surface area contributed by atoms with Crippen molar-refractivity contribution < 1.29 is 57.5 Å². The molecule has 8 atom stereocenters. The van der Waals surface area contributed by atoms with Crippen LogP contribution in [-0.2, 0) is 76.7 Å². The molecule has 0 saturated carbocycles. The van der Waals surface area contributed by atoms with E-state index in [-0.39, 0.29) is 82.5 Å². The van der Waals surface area contributed by atoms with Crippen molar-refractivity contribution in [2.45, 2.75) is 320 Å². The van der Waals surface area contributed by atoms with Gasteiger partial charge in [-0.2, -0.15) is 5.01 Å². The number of unbranched alkanes of at least 4 members (excludes halogenated alkanes) is 23. The Bertz CT molecular complexity index is 3740. The molecule has 0 bridgehead atoms. The summed E-state index contributed by atoms with van der Waals surface area (Å²) in [6, 6.07) is 8.23. The van der Waals surface area contributed by atoms with E-state index in [4.69, 9.17) is 21.9 Å². The number of aromatic amines is 2. The van der Waals surface area contributed by atoms with Crippen LogP contribution in [0.4, 0.5) is 0 Å². The van der Waals surface area contributed by atoms with Crippen molar-refractivity contribution in [3.63, 3.8) is 0 Å². The molecule has 3 heterocycles. The Labute approximate surface area is 710 Å². The summed E-state index contributed by atoms with van der Waals surface area (Å²) in [5, 5.41) is 29.8. The monoisotopic (exact) mass is 1670 g/mol. The standard InChI is InChI=1S/C89H143N19O12/c1-5-8-11-13-15-17-19-21-23-25-27-29-31-33-38-51-76(109)94-54-43-56-96-85(118)87-107-108(88(120-87)86(119)97-57-44-55-95-77(110)52-39-34-32-30-28-26-24-22-20-18-16-14-12-9-6-2)63-78(111)102-71(48-10-7-3)81(114)101-65(4)80(113)105-75(60-68-62-93-64-100-68)84(117)106-74(58-66-45-36-35-37-46-66)83(116)103-72(50-42-53-98-89(91)92)82(115)104-73(79(90)112)59-67-61-99-70-49-41-40-47-69(67)70/h21-24,35-37,40-41,45-47,49,61-62,64-65,71-75,87-88,99,107H,5-20,25-34,38-39,42-44,48,50-60,63H2,1-4H3,(H2,90,112)(H,93,100)(H,94,109)(H,95,110)(H,96,118)(H,97,119)(H,101,114)(H,102,111)(H,103,116)(H,104,115)(H,105,113)(H,106,117)(H4,91,92,98)/b23-21-,24-22-/t65-,71-,72-,73-,74+,75-,87?,88?/m0/s1. The molecule has 31 heteroatoms. The number of carbonyl (C=O) groups excluding carboxylic acids is 11. The van der Waals surface area contributed by atoms with Crippen LogP contribution in [0.3, 0.4) is 0 Å². The number of imidazole rings is 1. The minimum Gasteiger partial charge on any atom is -0.370 e. The third kappa shape index (κ3) is 42.8. The number of aromatic nitrogens is 3. The Morgan fingerprint density at radius 1 is 0.475 bits per heavy atom. The van der Waals surface area contributed by atoms with Gasteiger partial charge in [-0.05, 0) is 120 Å². The van der Waals surface area contributed by atoms with Gasteiger partial charge in [0, 0.05) is 93.8 Å². The highest BCUT2D eigenvalue weighted by Crippen LogP contribution is 2.21. The van der Waals surface area contributed by atoms with Crippen LogP contribution in [0.5, 0.6) is 0 Å². The maximum atomic E-state index is 14.8. The fourth-order valence-electron chi connectivity index (χ4n) is 14.0. The van der Waals surface area contributed by atoms with Crippen molar-refractivity contribution in [3.8, 4) is 0 Å². The normalized spacial score (nSPS) is 14.9. The van der Waals surface area contributed by atoms with Gasteiger partial charge < -0.3 is 85.1 Å². The number of para-hydroxylation sites is 1. The third-order valence-electron chi connectivity index (χ3n) is 21.0. The molecular formula is C89H143N19O12.